The number of halogens is 1. The van der Waals surface area contributed by atoms with Gasteiger partial charge in [0.05, 0.1) is 0 Å². The van der Waals surface area contributed by atoms with Gasteiger partial charge in [-0.25, -0.2) is 8.42 Å². The molecule has 0 radical (unpaired) electrons. The third-order valence-corrected chi connectivity index (χ3v) is 7.13. The predicted octanol–water partition coefficient (Wildman–Crippen LogP) is 2.22. The summed E-state index contributed by atoms with van der Waals surface area (Å²) in [7, 11) is -3.22. The normalized spacial score (nSPS) is 15.8. The number of aliphatic hydroxyl groups is 1. The first-order chi connectivity index (χ1) is 7.38. The number of rotatable bonds is 4. The molecule has 0 heterocycles. The molecule has 0 aliphatic rings. The maximum Gasteiger partial charge on any atom is 0.164 e. The van der Waals surface area contributed by atoms with Crippen molar-refractivity contribution >= 4 is 32.4 Å². The van der Waals surface area contributed by atoms with Crippen molar-refractivity contribution < 1.29 is 13.5 Å². The van der Waals surface area contributed by atoms with E-state index < -0.39 is 19.2 Å². The van der Waals surface area contributed by atoms with E-state index in [1.807, 2.05) is 25.1 Å². The maximum absolute atomic E-state index is 11.6. The van der Waals surface area contributed by atoms with Crippen LogP contribution >= 0.6 is 22.6 Å². The van der Waals surface area contributed by atoms with E-state index in [0.717, 1.165) is 5.56 Å². The minimum absolute atomic E-state index is 0.0451. The summed E-state index contributed by atoms with van der Waals surface area (Å²) in [5.41, 5.74) is 1.66. The topological polar surface area (TPSA) is 54.4 Å². The van der Waals surface area contributed by atoms with E-state index in [1.165, 1.54) is 0 Å². The summed E-state index contributed by atoms with van der Waals surface area (Å²) < 4.78 is 22.5. The van der Waals surface area contributed by atoms with Crippen LogP contribution < -0.4 is 0 Å². The Morgan fingerprint density at radius 1 is 1.44 bits per heavy atom. The van der Waals surface area contributed by atoms with Crippen molar-refractivity contribution in [3.8, 4) is 0 Å². The Morgan fingerprint density at radius 3 is 2.56 bits per heavy atom. The Hall–Kier alpha value is -0.140. The van der Waals surface area contributed by atoms with Crippen LogP contribution in [0.3, 0.4) is 0 Å². The van der Waals surface area contributed by atoms with Gasteiger partial charge in [-0.2, -0.15) is 0 Å². The van der Waals surface area contributed by atoms with Crippen LogP contribution in [-0.2, 0) is 9.84 Å². The highest BCUT2D eigenvalue weighted by Gasteiger charge is 2.29. The average Bonchev–Trinajstić information content (AvgIpc) is 2.27. The van der Waals surface area contributed by atoms with Crippen molar-refractivity contribution in [3.63, 3.8) is 0 Å². The summed E-state index contributed by atoms with van der Waals surface area (Å²) >= 11 is 1.79. The van der Waals surface area contributed by atoms with Crippen LogP contribution in [-0.4, -0.2) is 22.5 Å². The van der Waals surface area contributed by atoms with Crippen LogP contribution in [0.25, 0.3) is 0 Å². The van der Waals surface area contributed by atoms with Crippen molar-refractivity contribution in [2.45, 2.75) is 23.2 Å². The van der Waals surface area contributed by atoms with Gasteiger partial charge in [-0.1, -0.05) is 59.3 Å². The molecule has 1 N–H and O–H groups in total. The van der Waals surface area contributed by atoms with Crippen molar-refractivity contribution in [1.82, 2.24) is 0 Å². The van der Waals surface area contributed by atoms with Gasteiger partial charge >= 0.3 is 0 Å². The van der Waals surface area contributed by atoms with Gasteiger partial charge in [0.25, 0.3) is 0 Å². The summed E-state index contributed by atoms with van der Waals surface area (Å²) in [6.07, 6.45) is -0.967. The summed E-state index contributed by atoms with van der Waals surface area (Å²) in [5, 5.41) is 9.99. The van der Waals surface area contributed by atoms with Gasteiger partial charge in [0, 0.05) is 5.75 Å². The SMILES string of the molecule is CCS(=O)(=O)[C@@H](I)[C@@H](O)c1cccc(C)c1. The molecule has 0 unspecified atom stereocenters. The molecule has 0 aliphatic carbocycles. The second kappa shape index (κ2) is 5.46. The molecule has 2 atom stereocenters. The molecule has 3 nitrogen and oxygen atoms in total. The zero-order valence-electron chi connectivity index (χ0n) is 9.22. The number of aryl methyl sites for hydroxylation is 1. The molecule has 0 fully saturated rings. The monoisotopic (exact) mass is 354 g/mol. The number of alkyl halides is 1. The largest absolute Gasteiger partial charge is 0.386 e. The van der Waals surface area contributed by atoms with E-state index in [-0.39, 0.29) is 5.75 Å². The lowest BCUT2D eigenvalue weighted by Crippen LogP contribution is -2.24. The van der Waals surface area contributed by atoms with Gasteiger partial charge < -0.3 is 5.11 Å². The smallest absolute Gasteiger partial charge is 0.164 e. The highest BCUT2D eigenvalue weighted by molar-refractivity contribution is 14.1. The summed E-state index contributed by atoms with van der Waals surface area (Å²) in [6.45, 7) is 3.50. The molecule has 0 saturated carbocycles. The van der Waals surface area contributed by atoms with E-state index in [4.69, 9.17) is 0 Å². The van der Waals surface area contributed by atoms with Crippen molar-refractivity contribution in [3.05, 3.63) is 35.4 Å². The Bertz CT molecular complexity index is 456. The molecule has 16 heavy (non-hydrogen) atoms. The first kappa shape index (κ1) is 13.9. The van der Waals surface area contributed by atoms with Crippen LogP contribution in [0.2, 0.25) is 0 Å². The Balaban J connectivity index is 2.99. The first-order valence-electron chi connectivity index (χ1n) is 4.98. The standard InChI is InChI=1S/C11H15IO3S/c1-3-16(14,15)11(12)10(13)9-6-4-5-8(2)7-9/h4-7,10-11,13H,3H2,1-2H3/t10-,11+/m0/s1. The first-order valence-corrected chi connectivity index (χ1v) is 7.95. The summed E-state index contributed by atoms with van der Waals surface area (Å²) in [5.74, 6) is 0.0451. The Kier molecular flexibility index (Phi) is 4.75. The zero-order valence-corrected chi connectivity index (χ0v) is 12.2. The van der Waals surface area contributed by atoms with Crippen LogP contribution in [0, 0.1) is 6.92 Å². The fraction of sp³-hybridized carbons (Fsp3) is 0.455. The van der Waals surface area contributed by atoms with Crippen molar-refractivity contribution in [2.24, 2.45) is 0 Å². The van der Waals surface area contributed by atoms with Gasteiger partial charge in [-0.3, -0.25) is 0 Å². The average molecular weight is 354 g/mol. The minimum atomic E-state index is -3.22. The Labute approximate surface area is 110 Å². The molecule has 0 spiro atoms. The van der Waals surface area contributed by atoms with Gasteiger partial charge in [-0.05, 0) is 12.5 Å². The minimum Gasteiger partial charge on any atom is -0.386 e. The van der Waals surface area contributed by atoms with E-state index >= 15 is 0 Å². The number of benzene rings is 1. The lowest BCUT2D eigenvalue weighted by molar-refractivity contribution is 0.197. The molecular weight excluding hydrogens is 339 g/mol. The van der Waals surface area contributed by atoms with Gasteiger partial charge in [0.1, 0.15) is 9.36 Å². The lowest BCUT2D eigenvalue weighted by atomic mass is 10.1. The van der Waals surface area contributed by atoms with Crippen LogP contribution in [0.15, 0.2) is 24.3 Å². The molecule has 0 amide bonds. The third kappa shape index (κ3) is 3.18. The molecular formula is C11H15IO3S. The molecule has 1 rings (SSSR count). The Morgan fingerprint density at radius 2 is 2.06 bits per heavy atom. The molecule has 0 aromatic heterocycles. The van der Waals surface area contributed by atoms with Gasteiger partial charge in [0.2, 0.25) is 0 Å². The number of aliphatic hydroxyl groups excluding tert-OH is 1. The van der Waals surface area contributed by atoms with Gasteiger partial charge in [-0.15, -0.1) is 0 Å². The summed E-state index contributed by atoms with van der Waals surface area (Å²) in [6, 6.07) is 7.28. The number of sulfone groups is 1. The third-order valence-electron chi connectivity index (χ3n) is 2.38. The molecule has 0 bridgehead atoms. The fourth-order valence-corrected chi connectivity index (χ4v) is 3.72. The quantitative estimate of drug-likeness (QED) is 0.667. The molecule has 1 aromatic carbocycles. The highest BCUT2D eigenvalue weighted by atomic mass is 127. The van der Waals surface area contributed by atoms with Crippen molar-refractivity contribution in [1.29, 1.82) is 0 Å². The molecule has 1 aromatic rings. The number of hydrogen-bond donors (Lipinski definition) is 1. The second-order valence-electron chi connectivity index (χ2n) is 3.66. The second-order valence-corrected chi connectivity index (χ2v) is 8.26. The maximum atomic E-state index is 11.6. The molecule has 5 heteroatoms. The van der Waals surface area contributed by atoms with Crippen LogP contribution in [0.5, 0.6) is 0 Å². The van der Waals surface area contributed by atoms with E-state index in [1.54, 1.807) is 35.6 Å². The molecule has 90 valence electrons. The van der Waals surface area contributed by atoms with E-state index in [0.29, 0.717) is 5.56 Å². The molecule has 0 aliphatic heterocycles. The van der Waals surface area contributed by atoms with Crippen molar-refractivity contribution in [2.75, 3.05) is 5.75 Å². The summed E-state index contributed by atoms with van der Waals surface area (Å²) in [4.78, 5) is 0. The molecule has 0 saturated heterocycles. The number of hydrogen-bond acceptors (Lipinski definition) is 3. The van der Waals surface area contributed by atoms with E-state index in [9.17, 15) is 13.5 Å². The fourth-order valence-electron chi connectivity index (χ4n) is 1.36. The zero-order chi connectivity index (χ0) is 12.3. The van der Waals surface area contributed by atoms with Crippen LogP contribution in [0.1, 0.15) is 24.2 Å². The lowest BCUT2D eigenvalue weighted by Gasteiger charge is -2.17. The van der Waals surface area contributed by atoms with E-state index in [2.05, 4.69) is 0 Å². The highest BCUT2D eigenvalue weighted by Crippen LogP contribution is 2.28. The predicted molar refractivity (Wildman–Crippen MR) is 73.4 cm³/mol. The van der Waals surface area contributed by atoms with Crippen LogP contribution in [0.4, 0.5) is 0 Å². The van der Waals surface area contributed by atoms with Gasteiger partial charge in [0.15, 0.2) is 9.84 Å².